The second-order valence-electron chi connectivity index (χ2n) is 4.08. The van der Waals surface area contributed by atoms with Crippen LogP contribution < -0.4 is 4.72 Å². The Morgan fingerprint density at radius 2 is 1.75 bits per heavy atom. The quantitative estimate of drug-likeness (QED) is 0.879. The van der Waals surface area contributed by atoms with Gasteiger partial charge in [-0.05, 0) is 36.2 Å². The van der Waals surface area contributed by atoms with Crippen LogP contribution in [0.2, 0.25) is 5.28 Å². The Balaban J connectivity index is 2.19. The molecule has 1 aromatic carbocycles. The zero-order chi connectivity index (χ0) is 14.8. The number of benzene rings is 1. The van der Waals surface area contributed by atoms with Gasteiger partial charge in [0.2, 0.25) is 15.3 Å². The van der Waals surface area contributed by atoms with Gasteiger partial charge in [-0.3, -0.25) is 0 Å². The molecule has 106 valence electrons. The Bertz CT molecular complexity index is 690. The SMILES string of the molecule is CC(NS(=O)(=O)c1cnc(Cl)nc1)c1ccc(F)cc1. The minimum atomic E-state index is -3.76. The van der Waals surface area contributed by atoms with Crippen LogP contribution >= 0.6 is 11.6 Å². The number of rotatable bonds is 4. The first-order chi connectivity index (χ1) is 9.38. The van der Waals surface area contributed by atoms with E-state index in [4.69, 9.17) is 11.6 Å². The van der Waals surface area contributed by atoms with E-state index in [0.717, 1.165) is 12.4 Å². The van der Waals surface area contributed by atoms with Crippen molar-refractivity contribution in [2.45, 2.75) is 17.9 Å². The van der Waals surface area contributed by atoms with Gasteiger partial charge in [-0.2, -0.15) is 0 Å². The Labute approximate surface area is 120 Å². The largest absolute Gasteiger partial charge is 0.244 e. The van der Waals surface area contributed by atoms with Crippen molar-refractivity contribution in [2.75, 3.05) is 0 Å². The molecule has 8 heteroatoms. The number of nitrogens with zero attached hydrogens (tertiary/aromatic N) is 2. The van der Waals surface area contributed by atoms with Gasteiger partial charge < -0.3 is 0 Å². The Hall–Kier alpha value is -1.57. The molecule has 1 unspecified atom stereocenters. The van der Waals surface area contributed by atoms with Crippen LogP contribution in [0.15, 0.2) is 41.6 Å². The second-order valence-corrected chi connectivity index (χ2v) is 6.13. The third kappa shape index (κ3) is 3.50. The molecule has 0 bridgehead atoms. The van der Waals surface area contributed by atoms with E-state index in [1.165, 1.54) is 24.3 Å². The summed E-state index contributed by atoms with van der Waals surface area (Å²) in [7, 11) is -3.76. The second kappa shape index (κ2) is 5.82. The number of halogens is 2. The topological polar surface area (TPSA) is 72.0 Å². The van der Waals surface area contributed by atoms with Gasteiger partial charge in [-0.25, -0.2) is 27.5 Å². The summed E-state index contributed by atoms with van der Waals surface area (Å²) >= 11 is 5.51. The molecule has 1 heterocycles. The van der Waals surface area contributed by atoms with Gasteiger partial charge in [0.25, 0.3) is 0 Å². The van der Waals surface area contributed by atoms with E-state index in [0.29, 0.717) is 5.56 Å². The van der Waals surface area contributed by atoms with Crippen LogP contribution in [-0.4, -0.2) is 18.4 Å². The van der Waals surface area contributed by atoms with Crippen LogP contribution in [0.3, 0.4) is 0 Å². The van der Waals surface area contributed by atoms with Gasteiger partial charge in [0.15, 0.2) is 0 Å². The van der Waals surface area contributed by atoms with E-state index in [1.807, 2.05) is 0 Å². The highest BCUT2D eigenvalue weighted by molar-refractivity contribution is 7.89. The average Bonchev–Trinajstić information content (AvgIpc) is 2.39. The predicted molar refractivity (Wildman–Crippen MR) is 72.2 cm³/mol. The third-order valence-corrected chi connectivity index (χ3v) is 4.30. The molecule has 1 aromatic heterocycles. The average molecular weight is 316 g/mol. The Morgan fingerprint density at radius 1 is 1.20 bits per heavy atom. The first-order valence-corrected chi connectivity index (χ1v) is 7.50. The molecular formula is C12H11ClFN3O2S. The molecule has 5 nitrogen and oxygen atoms in total. The van der Waals surface area contributed by atoms with Crippen LogP contribution in [-0.2, 0) is 10.0 Å². The van der Waals surface area contributed by atoms with Crippen LogP contribution in [0.1, 0.15) is 18.5 Å². The van der Waals surface area contributed by atoms with E-state index in [2.05, 4.69) is 14.7 Å². The number of hydrogen-bond donors (Lipinski definition) is 1. The molecule has 0 aliphatic rings. The first-order valence-electron chi connectivity index (χ1n) is 5.64. The lowest BCUT2D eigenvalue weighted by molar-refractivity contribution is 0.565. The Morgan fingerprint density at radius 3 is 2.30 bits per heavy atom. The molecule has 0 saturated carbocycles. The maximum Gasteiger partial charge on any atom is 0.244 e. The molecule has 0 spiro atoms. The molecular weight excluding hydrogens is 305 g/mol. The zero-order valence-corrected chi connectivity index (χ0v) is 12.0. The lowest BCUT2D eigenvalue weighted by Gasteiger charge is -2.14. The summed E-state index contributed by atoms with van der Waals surface area (Å²) in [6.07, 6.45) is 2.24. The van der Waals surface area contributed by atoms with Crippen molar-refractivity contribution in [2.24, 2.45) is 0 Å². The molecule has 2 rings (SSSR count). The molecule has 0 fully saturated rings. The first kappa shape index (κ1) is 14.8. The molecule has 20 heavy (non-hydrogen) atoms. The van der Waals surface area contributed by atoms with Crippen molar-refractivity contribution in [3.63, 3.8) is 0 Å². The fourth-order valence-electron chi connectivity index (χ4n) is 1.56. The van der Waals surface area contributed by atoms with Crippen molar-refractivity contribution in [3.8, 4) is 0 Å². The molecule has 0 amide bonds. The van der Waals surface area contributed by atoms with Gasteiger partial charge in [0.1, 0.15) is 10.7 Å². The van der Waals surface area contributed by atoms with Gasteiger partial charge in [-0.15, -0.1) is 0 Å². The normalized spacial score (nSPS) is 13.2. The van der Waals surface area contributed by atoms with Crippen molar-refractivity contribution < 1.29 is 12.8 Å². The summed E-state index contributed by atoms with van der Waals surface area (Å²) in [5.41, 5.74) is 0.643. The van der Waals surface area contributed by atoms with E-state index in [-0.39, 0.29) is 16.0 Å². The number of aromatic nitrogens is 2. The highest BCUT2D eigenvalue weighted by Gasteiger charge is 2.19. The Kier molecular flexibility index (Phi) is 4.32. The van der Waals surface area contributed by atoms with Crippen molar-refractivity contribution in [3.05, 3.63) is 53.3 Å². The summed E-state index contributed by atoms with van der Waals surface area (Å²) in [5, 5.41) is -0.0319. The van der Waals surface area contributed by atoms with Crippen LogP contribution in [0, 0.1) is 5.82 Å². The van der Waals surface area contributed by atoms with Crippen LogP contribution in [0.5, 0.6) is 0 Å². The molecule has 1 N–H and O–H groups in total. The smallest absolute Gasteiger partial charge is 0.225 e. The van der Waals surface area contributed by atoms with E-state index in [1.54, 1.807) is 6.92 Å². The van der Waals surface area contributed by atoms with Crippen LogP contribution in [0.4, 0.5) is 4.39 Å². The van der Waals surface area contributed by atoms with Crippen LogP contribution in [0.25, 0.3) is 0 Å². The van der Waals surface area contributed by atoms with Gasteiger partial charge >= 0.3 is 0 Å². The van der Waals surface area contributed by atoms with Crippen molar-refractivity contribution >= 4 is 21.6 Å². The molecule has 0 radical (unpaired) electrons. The predicted octanol–water partition coefficient (Wildman–Crippen LogP) is 2.31. The highest BCUT2D eigenvalue weighted by atomic mass is 35.5. The van der Waals surface area contributed by atoms with Crippen molar-refractivity contribution in [1.82, 2.24) is 14.7 Å². The van der Waals surface area contributed by atoms with Gasteiger partial charge in [-0.1, -0.05) is 12.1 Å². The van der Waals surface area contributed by atoms with Gasteiger partial charge in [0, 0.05) is 6.04 Å². The fourth-order valence-corrected chi connectivity index (χ4v) is 2.78. The molecule has 2 aromatic rings. The zero-order valence-electron chi connectivity index (χ0n) is 10.4. The summed E-state index contributed by atoms with van der Waals surface area (Å²) < 4.78 is 39.4. The number of sulfonamides is 1. The molecule has 0 aliphatic carbocycles. The minimum Gasteiger partial charge on any atom is -0.225 e. The van der Waals surface area contributed by atoms with Crippen molar-refractivity contribution in [1.29, 1.82) is 0 Å². The lowest BCUT2D eigenvalue weighted by atomic mass is 10.1. The lowest BCUT2D eigenvalue weighted by Crippen LogP contribution is -2.27. The summed E-state index contributed by atoms with van der Waals surface area (Å²) in [6, 6.07) is 5.05. The molecule has 1 atom stereocenters. The van der Waals surface area contributed by atoms with E-state index >= 15 is 0 Å². The number of hydrogen-bond acceptors (Lipinski definition) is 4. The maximum absolute atomic E-state index is 12.8. The standard InChI is InChI=1S/C12H11ClFN3O2S/c1-8(9-2-4-10(14)5-3-9)17-20(18,19)11-6-15-12(13)16-7-11/h2-8,17H,1H3. The minimum absolute atomic E-state index is 0.0319. The van der Waals surface area contributed by atoms with Gasteiger partial charge in [0.05, 0.1) is 12.4 Å². The molecule has 0 saturated heterocycles. The highest BCUT2D eigenvalue weighted by Crippen LogP contribution is 2.17. The maximum atomic E-state index is 12.8. The van der Waals surface area contributed by atoms with E-state index in [9.17, 15) is 12.8 Å². The number of nitrogens with one attached hydrogen (secondary N) is 1. The summed E-state index contributed by atoms with van der Waals surface area (Å²) in [6.45, 7) is 1.65. The monoisotopic (exact) mass is 315 g/mol. The fraction of sp³-hybridized carbons (Fsp3) is 0.167. The van der Waals surface area contributed by atoms with E-state index < -0.39 is 16.1 Å². The summed E-state index contributed by atoms with van der Waals surface area (Å²) in [5.74, 6) is -0.380. The third-order valence-electron chi connectivity index (χ3n) is 2.61. The molecule has 0 aliphatic heterocycles. The summed E-state index contributed by atoms with van der Waals surface area (Å²) in [4.78, 5) is 7.16.